The van der Waals surface area contributed by atoms with Gasteiger partial charge in [0.15, 0.2) is 0 Å². The van der Waals surface area contributed by atoms with E-state index in [2.05, 4.69) is 27.7 Å². The molecule has 1 heteroatoms. The maximum Gasteiger partial charge on any atom is 0.0336 e. The van der Waals surface area contributed by atoms with E-state index < -0.39 is 0 Å². The molecule has 0 heterocycles. The van der Waals surface area contributed by atoms with E-state index in [0.29, 0.717) is 5.38 Å². The van der Waals surface area contributed by atoms with Crippen LogP contribution in [-0.4, -0.2) is 5.38 Å². The topological polar surface area (TPSA) is 0 Å². The van der Waals surface area contributed by atoms with Gasteiger partial charge in [-0.15, -0.1) is 11.6 Å². The lowest BCUT2D eigenvalue weighted by Gasteiger charge is -2.17. The van der Waals surface area contributed by atoms with E-state index in [-0.39, 0.29) is 0 Å². The largest absolute Gasteiger partial charge is 0.123 e. The van der Waals surface area contributed by atoms with E-state index in [1.807, 2.05) is 0 Å². The standard InChI is InChI=1S/C9H19Cl/c1-5-9(10)6-8(4)7(2)3/h7-9H,5-6H2,1-4H3. The number of rotatable bonds is 4. The normalized spacial score (nSPS) is 17.4. The Kier molecular flexibility index (Phi) is 5.15. The van der Waals surface area contributed by atoms with Crippen LogP contribution in [0.5, 0.6) is 0 Å². The summed E-state index contributed by atoms with van der Waals surface area (Å²) >= 11 is 6.00. The van der Waals surface area contributed by atoms with Gasteiger partial charge in [0.25, 0.3) is 0 Å². The highest BCUT2D eigenvalue weighted by Crippen LogP contribution is 2.20. The second-order valence-corrected chi connectivity index (χ2v) is 4.08. The van der Waals surface area contributed by atoms with Gasteiger partial charge in [-0.3, -0.25) is 0 Å². The summed E-state index contributed by atoms with van der Waals surface area (Å²) in [6, 6.07) is 0. The summed E-state index contributed by atoms with van der Waals surface area (Å²) in [5, 5.41) is 0.386. The van der Waals surface area contributed by atoms with Crippen LogP contribution in [0.4, 0.5) is 0 Å². The summed E-state index contributed by atoms with van der Waals surface area (Å²) in [6.07, 6.45) is 2.26. The molecule has 0 N–H and O–H groups in total. The van der Waals surface area contributed by atoms with E-state index in [1.165, 1.54) is 0 Å². The molecule has 2 atom stereocenters. The fourth-order valence-electron chi connectivity index (χ4n) is 0.842. The predicted molar refractivity (Wildman–Crippen MR) is 48.6 cm³/mol. The van der Waals surface area contributed by atoms with Gasteiger partial charge in [0.1, 0.15) is 0 Å². The maximum atomic E-state index is 6.00. The molecule has 0 spiro atoms. The molecule has 0 amide bonds. The summed E-state index contributed by atoms with van der Waals surface area (Å²) in [6.45, 7) is 8.92. The summed E-state index contributed by atoms with van der Waals surface area (Å²) in [5.41, 5.74) is 0. The fourth-order valence-corrected chi connectivity index (χ4v) is 1.12. The molecule has 0 aromatic heterocycles. The molecule has 0 aromatic rings. The third-order valence-electron chi connectivity index (χ3n) is 2.21. The number of hydrogen-bond donors (Lipinski definition) is 0. The lowest BCUT2D eigenvalue weighted by atomic mass is 9.93. The second kappa shape index (κ2) is 5.01. The Balaban J connectivity index is 3.46. The quantitative estimate of drug-likeness (QED) is 0.554. The second-order valence-electron chi connectivity index (χ2n) is 3.46. The van der Waals surface area contributed by atoms with Crippen LogP contribution in [0.15, 0.2) is 0 Å². The lowest BCUT2D eigenvalue weighted by molar-refractivity contribution is 0.384. The van der Waals surface area contributed by atoms with Gasteiger partial charge in [0.2, 0.25) is 0 Å². The van der Waals surface area contributed by atoms with Crippen LogP contribution in [0.2, 0.25) is 0 Å². The van der Waals surface area contributed by atoms with Crippen molar-refractivity contribution in [1.29, 1.82) is 0 Å². The van der Waals surface area contributed by atoms with Gasteiger partial charge in [0, 0.05) is 5.38 Å². The van der Waals surface area contributed by atoms with Crippen LogP contribution in [-0.2, 0) is 0 Å². The molecule has 62 valence electrons. The zero-order chi connectivity index (χ0) is 8.15. The zero-order valence-corrected chi connectivity index (χ0v) is 8.28. The van der Waals surface area contributed by atoms with Crippen molar-refractivity contribution in [3.63, 3.8) is 0 Å². The number of alkyl halides is 1. The molecule has 10 heavy (non-hydrogen) atoms. The smallest absolute Gasteiger partial charge is 0.0336 e. The molecule has 0 saturated heterocycles. The molecular weight excluding hydrogens is 144 g/mol. The summed E-state index contributed by atoms with van der Waals surface area (Å²) < 4.78 is 0. The molecule has 0 aliphatic heterocycles. The van der Waals surface area contributed by atoms with Crippen molar-refractivity contribution in [2.24, 2.45) is 11.8 Å². The van der Waals surface area contributed by atoms with Crippen molar-refractivity contribution in [3.8, 4) is 0 Å². The average Bonchev–Trinajstić information content (AvgIpc) is 1.87. The fraction of sp³-hybridized carbons (Fsp3) is 1.00. The van der Waals surface area contributed by atoms with Crippen molar-refractivity contribution in [2.45, 2.75) is 45.9 Å². The molecule has 0 fully saturated rings. The monoisotopic (exact) mass is 162 g/mol. The van der Waals surface area contributed by atoms with Crippen molar-refractivity contribution < 1.29 is 0 Å². The predicted octanol–water partition coefficient (Wildman–Crippen LogP) is 3.69. The van der Waals surface area contributed by atoms with E-state index in [0.717, 1.165) is 24.7 Å². The Morgan fingerprint density at radius 3 is 2.00 bits per heavy atom. The molecule has 2 unspecified atom stereocenters. The van der Waals surface area contributed by atoms with Gasteiger partial charge in [-0.25, -0.2) is 0 Å². The third-order valence-corrected chi connectivity index (χ3v) is 2.70. The minimum Gasteiger partial charge on any atom is -0.123 e. The van der Waals surface area contributed by atoms with Crippen LogP contribution >= 0.6 is 11.6 Å². The van der Waals surface area contributed by atoms with Crippen LogP contribution in [0.3, 0.4) is 0 Å². The average molecular weight is 163 g/mol. The van der Waals surface area contributed by atoms with E-state index in [4.69, 9.17) is 11.6 Å². The Labute approximate surface area is 70.0 Å². The molecule has 0 aliphatic carbocycles. The molecule has 0 nitrogen and oxygen atoms in total. The summed E-state index contributed by atoms with van der Waals surface area (Å²) in [5.74, 6) is 1.54. The van der Waals surface area contributed by atoms with Crippen molar-refractivity contribution in [3.05, 3.63) is 0 Å². The first kappa shape index (κ1) is 10.3. The molecule has 0 rings (SSSR count). The first-order valence-electron chi connectivity index (χ1n) is 4.22. The highest BCUT2D eigenvalue weighted by Gasteiger charge is 2.11. The summed E-state index contributed by atoms with van der Waals surface area (Å²) in [4.78, 5) is 0. The Hall–Kier alpha value is 0.290. The van der Waals surface area contributed by atoms with E-state index in [1.54, 1.807) is 0 Å². The molecule has 0 saturated carbocycles. The van der Waals surface area contributed by atoms with Crippen LogP contribution in [0.1, 0.15) is 40.5 Å². The van der Waals surface area contributed by atoms with Crippen molar-refractivity contribution in [2.75, 3.05) is 0 Å². The van der Waals surface area contributed by atoms with Crippen LogP contribution in [0, 0.1) is 11.8 Å². The molecule has 0 bridgehead atoms. The maximum absolute atomic E-state index is 6.00. The minimum absolute atomic E-state index is 0.386. The molecule has 0 aliphatic rings. The Morgan fingerprint density at radius 2 is 1.70 bits per heavy atom. The van der Waals surface area contributed by atoms with Crippen molar-refractivity contribution in [1.82, 2.24) is 0 Å². The Bertz CT molecular complexity index is 78.8. The highest BCUT2D eigenvalue weighted by molar-refractivity contribution is 6.20. The van der Waals surface area contributed by atoms with Gasteiger partial charge in [-0.1, -0.05) is 27.7 Å². The van der Waals surface area contributed by atoms with Gasteiger partial charge < -0.3 is 0 Å². The van der Waals surface area contributed by atoms with E-state index in [9.17, 15) is 0 Å². The Morgan fingerprint density at radius 1 is 1.20 bits per heavy atom. The molecule has 0 aromatic carbocycles. The molecule has 0 radical (unpaired) electrons. The summed E-state index contributed by atoms with van der Waals surface area (Å²) in [7, 11) is 0. The zero-order valence-electron chi connectivity index (χ0n) is 7.52. The van der Waals surface area contributed by atoms with Gasteiger partial charge in [-0.05, 0) is 24.7 Å². The van der Waals surface area contributed by atoms with E-state index >= 15 is 0 Å². The van der Waals surface area contributed by atoms with Gasteiger partial charge in [0.05, 0.1) is 0 Å². The third kappa shape index (κ3) is 4.16. The highest BCUT2D eigenvalue weighted by atomic mass is 35.5. The van der Waals surface area contributed by atoms with Crippen LogP contribution in [0.25, 0.3) is 0 Å². The SMILES string of the molecule is CCC(Cl)CC(C)C(C)C. The van der Waals surface area contributed by atoms with Gasteiger partial charge in [-0.2, -0.15) is 0 Å². The minimum atomic E-state index is 0.386. The van der Waals surface area contributed by atoms with Crippen molar-refractivity contribution >= 4 is 11.6 Å². The molecular formula is C9H19Cl. The number of halogens is 1. The lowest BCUT2D eigenvalue weighted by Crippen LogP contribution is -2.10. The van der Waals surface area contributed by atoms with Gasteiger partial charge >= 0.3 is 0 Å². The number of hydrogen-bond acceptors (Lipinski definition) is 0. The first-order chi connectivity index (χ1) is 4.57. The van der Waals surface area contributed by atoms with Crippen LogP contribution < -0.4 is 0 Å². The first-order valence-corrected chi connectivity index (χ1v) is 4.65.